The summed E-state index contributed by atoms with van der Waals surface area (Å²) in [5.74, 6) is 1.38. The summed E-state index contributed by atoms with van der Waals surface area (Å²) < 4.78 is 5.74. The number of nitrogens with zero attached hydrogens (tertiary/aromatic N) is 3. The third kappa shape index (κ3) is 4.61. The van der Waals surface area contributed by atoms with Crippen molar-refractivity contribution >= 4 is 46.1 Å². The SMILES string of the molecule is CC1=C(c2nc(-c3ccc(Cl)cc3)no2)C(c2ccc(Cl)cc2)NC(=S)N1CC(C)C. The van der Waals surface area contributed by atoms with Gasteiger partial charge in [-0.2, -0.15) is 4.98 Å². The number of aromatic nitrogens is 2. The lowest BCUT2D eigenvalue weighted by atomic mass is 9.94. The van der Waals surface area contributed by atoms with E-state index in [2.05, 4.69) is 29.2 Å². The van der Waals surface area contributed by atoms with Crippen LogP contribution in [0.5, 0.6) is 0 Å². The Kier molecular flexibility index (Phi) is 6.32. The molecule has 3 aromatic rings. The highest BCUT2D eigenvalue weighted by molar-refractivity contribution is 7.80. The fourth-order valence-corrected chi connectivity index (χ4v) is 4.18. The number of hydrogen-bond donors (Lipinski definition) is 1. The molecule has 2 aromatic carbocycles. The zero-order chi connectivity index (χ0) is 22.1. The van der Waals surface area contributed by atoms with Crippen LogP contribution in [0.4, 0.5) is 0 Å². The summed E-state index contributed by atoms with van der Waals surface area (Å²) in [6.45, 7) is 7.14. The van der Waals surface area contributed by atoms with Gasteiger partial charge in [0.1, 0.15) is 0 Å². The number of allylic oxidation sites excluding steroid dienone is 1. The largest absolute Gasteiger partial charge is 0.351 e. The normalized spacial score (nSPS) is 16.8. The highest BCUT2D eigenvalue weighted by atomic mass is 35.5. The molecule has 160 valence electrons. The van der Waals surface area contributed by atoms with Crippen molar-refractivity contribution in [2.45, 2.75) is 26.8 Å². The Hall–Kier alpha value is -2.41. The average Bonchev–Trinajstić information content (AvgIpc) is 3.21. The van der Waals surface area contributed by atoms with E-state index < -0.39 is 0 Å². The Morgan fingerprint density at radius 3 is 2.29 bits per heavy atom. The molecule has 1 N–H and O–H groups in total. The van der Waals surface area contributed by atoms with Gasteiger partial charge in [-0.1, -0.05) is 54.3 Å². The molecular formula is C23H22Cl2N4OS. The van der Waals surface area contributed by atoms with Crippen molar-refractivity contribution in [3.8, 4) is 11.4 Å². The maximum atomic E-state index is 6.11. The average molecular weight is 473 g/mol. The molecule has 0 saturated carbocycles. The number of nitrogens with one attached hydrogen (secondary N) is 1. The second-order valence-electron chi connectivity index (χ2n) is 7.87. The van der Waals surface area contributed by atoms with Crippen molar-refractivity contribution < 1.29 is 4.52 Å². The minimum Gasteiger partial charge on any atom is -0.351 e. The lowest BCUT2D eigenvalue weighted by Crippen LogP contribution is -2.47. The third-order valence-electron chi connectivity index (χ3n) is 5.11. The van der Waals surface area contributed by atoms with Gasteiger partial charge >= 0.3 is 0 Å². The molecule has 1 aromatic heterocycles. The fourth-order valence-electron chi connectivity index (χ4n) is 3.60. The van der Waals surface area contributed by atoms with Crippen LogP contribution < -0.4 is 5.32 Å². The predicted octanol–water partition coefficient (Wildman–Crippen LogP) is 6.36. The van der Waals surface area contributed by atoms with Gasteiger partial charge in [0.25, 0.3) is 5.89 Å². The molecule has 1 aliphatic rings. The molecule has 1 atom stereocenters. The summed E-state index contributed by atoms with van der Waals surface area (Å²) in [6, 6.07) is 14.8. The van der Waals surface area contributed by atoms with Crippen LogP contribution in [0.2, 0.25) is 10.0 Å². The summed E-state index contributed by atoms with van der Waals surface area (Å²) in [7, 11) is 0. The van der Waals surface area contributed by atoms with E-state index in [9.17, 15) is 0 Å². The summed E-state index contributed by atoms with van der Waals surface area (Å²) in [5.41, 5.74) is 3.73. The molecule has 5 nitrogen and oxygen atoms in total. The lowest BCUT2D eigenvalue weighted by Gasteiger charge is -2.38. The van der Waals surface area contributed by atoms with Crippen molar-refractivity contribution in [3.05, 3.63) is 75.7 Å². The van der Waals surface area contributed by atoms with Crippen molar-refractivity contribution in [1.82, 2.24) is 20.4 Å². The highest BCUT2D eigenvalue weighted by Gasteiger charge is 2.34. The molecule has 4 rings (SSSR count). The van der Waals surface area contributed by atoms with Gasteiger partial charge in [0.2, 0.25) is 5.82 Å². The molecule has 2 heterocycles. The maximum absolute atomic E-state index is 6.11. The standard InChI is InChI=1S/C23H22Cl2N4OS/c1-13(2)12-29-14(3)19(20(26-23(29)31)15-4-8-17(24)9-5-15)22-27-21(28-30-22)16-6-10-18(25)11-7-16/h4-11,13,20H,12H2,1-3H3,(H,26,31). The van der Waals surface area contributed by atoms with Gasteiger partial charge in [-0.25, -0.2) is 0 Å². The lowest BCUT2D eigenvalue weighted by molar-refractivity contribution is 0.386. The van der Waals surface area contributed by atoms with Crippen LogP contribution in [-0.2, 0) is 0 Å². The Morgan fingerprint density at radius 2 is 1.68 bits per heavy atom. The van der Waals surface area contributed by atoms with E-state index >= 15 is 0 Å². The third-order valence-corrected chi connectivity index (χ3v) is 5.95. The van der Waals surface area contributed by atoms with Gasteiger partial charge in [-0.05, 0) is 67.0 Å². The Labute approximate surface area is 197 Å². The van der Waals surface area contributed by atoms with Gasteiger partial charge < -0.3 is 14.7 Å². The first-order valence-corrected chi connectivity index (χ1v) is 11.1. The van der Waals surface area contributed by atoms with E-state index in [0.29, 0.717) is 32.8 Å². The first-order valence-electron chi connectivity index (χ1n) is 9.97. The maximum Gasteiger partial charge on any atom is 0.258 e. The van der Waals surface area contributed by atoms with Gasteiger partial charge in [-0.3, -0.25) is 0 Å². The fraction of sp³-hybridized carbons (Fsp3) is 0.261. The smallest absolute Gasteiger partial charge is 0.258 e. The summed E-state index contributed by atoms with van der Waals surface area (Å²) in [5, 5.41) is 9.67. The summed E-state index contributed by atoms with van der Waals surface area (Å²) >= 11 is 17.8. The Balaban J connectivity index is 1.80. The number of rotatable bonds is 5. The molecule has 0 spiro atoms. The zero-order valence-electron chi connectivity index (χ0n) is 17.4. The molecule has 0 radical (unpaired) electrons. The molecule has 1 aliphatic heterocycles. The molecule has 1 unspecified atom stereocenters. The van der Waals surface area contributed by atoms with Crippen molar-refractivity contribution in [3.63, 3.8) is 0 Å². The molecular weight excluding hydrogens is 451 g/mol. The monoisotopic (exact) mass is 472 g/mol. The van der Waals surface area contributed by atoms with Gasteiger partial charge in [0, 0.05) is 27.9 Å². The van der Waals surface area contributed by atoms with Crippen LogP contribution in [0.1, 0.15) is 38.3 Å². The van der Waals surface area contributed by atoms with Crippen LogP contribution in [0, 0.1) is 5.92 Å². The summed E-state index contributed by atoms with van der Waals surface area (Å²) in [6.07, 6.45) is 0. The van der Waals surface area contributed by atoms with Crippen LogP contribution in [-0.4, -0.2) is 26.7 Å². The number of halogens is 2. The van der Waals surface area contributed by atoms with E-state index in [1.165, 1.54) is 0 Å². The topological polar surface area (TPSA) is 54.2 Å². The van der Waals surface area contributed by atoms with E-state index in [4.69, 9.17) is 44.9 Å². The predicted molar refractivity (Wildman–Crippen MR) is 129 cm³/mol. The molecule has 0 amide bonds. The van der Waals surface area contributed by atoms with Crippen LogP contribution in [0.3, 0.4) is 0 Å². The first-order chi connectivity index (χ1) is 14.8. The molecule has 0 aliphatic carbocycles. The van der Waals surface area contributed by atoms with Gasteiger partial charge in [0.15, 0.2) is 5.11 Å². The van der Waals surface area contributed by atoms with Crippen LogP contribution in [0.25, 0.3) is 17.0 Å². The molecule has 0 saturated heterocycles. The number of thiocarbonyl (C=S) groups is 1. The minimum atomic E-state index is -0.230. The van der Waals surface area contributed by atoms with E-state index in [-0.39, 0.29) is 6.04 Å². The van der Waals surface area contributed by atoms with E-state index in [1.807, 2.05) is 43.3 Å². The second-order valence-corrected chi connectivity index (χ2v) is 9.13. The van der Waals surface area contributed by atoms with Crippen molar-refractivity contribution in [2.75, 3.05) is 6.54 Å². The number of benzene rings is 2. The number of hydrogen-bond acceptors (Lipinski definition) is 4. The Bertz CT molecular complexity index is 1120. The Morgan fingerprint density at radius 1 is 1.06 bits per heavy atom. The quantitative estimate of drug-likeness (QED) is 0.435. The molecule has 31 heavy (non-hydrogen) atoms. The van der Waals surface area contributed by atoms with Crippen LogP contribution in [0.15, 0.2) is 58.8 Å². The zero-order valence-corrected chi connectivity index (χ0v) is 19.7. The van der Waals surface area contributed by atoms with Crippen molar-refractivity contribution in [2.24, 2.45) is 5.92 Å². The van der Waals surface area contributed by atoms with Gasteiger partial charge in [0.05, 0.1) is 11.6 Å². The summed E-state index contributed by atoms with van der Waals surface area (Å²) in [4.78, 5) is 6.79. The molecule has 0 fully saturated rings. The van der Waals surface area contributed by atoms with Crippen LogP contribution >= 0.6 is 35.4 Å². The first kappa shape index (κ1) is 21.8. The molecule has 0 bridgehead atoms. The minimum absolute atomic E-state index is 0.230. The highest BCUT2D eigenvalue weighted by Crippen LogP contribution is 2.38. The van der Waals surface area contributed by atoms with Gasteiger partial charge in [-0.15, -0.1) is 0 Å². The molecule has 8 heteroatoms. The van der Waals surface area contributed by atoms with E-state index in [1.54, 1.807) is 12.1 Å². The second kappa shape index (κ2) is 8.99. The van der Waals surface area contributed by atoms with E-state index in [0.717, 1.165) is 28.9 Å². The van der Waals surface area contributed by atoms with Crippen molar-refractivity contribution in [1.29, 1.82) is 0 Å².